The van der Waals surface area contributed by atoms with Gasteiger partial charge in [-0.25, -0.2) is 0 Å². The van der Waals surface area contributed by atoms with E-state index in [0.717, 1.165) is 5.92 Å². The van der Waals surface area contributed by atoms with Gasteiger partial charge in [0.25, 0.3) is 0 Å². The average molecular weight is 158 g/mol. The van der Waals surface area contributed by atoms with Gasteiger partial charge < -0.3 is 0 Å². The highest BCUT2D eigenvalue weighted by Crippen LogP contribution is 2.10. The van der Waals surface area contributed by atoms with Gasteiger partial charge in [-0.1, -0.05) is 19.1 Å². The summed E-state index contributed by atoms with van der Waals surface area (Å²) >= 11 is 1.94. The summed E-state index contributed by atoms with van der Waals surface area (Å²) in [5, 5.41) is 0. The summed E-state index contributed by atoms with van der Waals surface area (Å²) in [5.41, 5.74) is 0. The van der Waals surface area contributed by atoms with Crippen LogP contribution < -0.4 is 0 Å². The zero-order valence-corrected chi connectivity index (χ0v) is 8.08. The Morgan fingerprint density at radius 2 is 2.20 bits per heavy atom. The van der Waals surface area contributed by atoms with Gasteiger partial charge in [-0.3, -0.25) is 0 Å². The molecule has 0 aromatic heterocycles. The Labute approximate surface area is 69.1 Å². The molecule has 1 unspecified atom stereocenters. The molecule has 1 atom stereocenters. The fourth-order valence-electron chi connectivity index (χ4n) is 0.915. The molecule has 0 aromatic rings. The Kier molecular flexibility index (Phi) is 7.26. The van der Waals surface area contributed by atoms with Crippen molar-refractivity contribution in [1.29, 1.82) is 0 Å². The molecule has 0 rings (SSSR count). The van der Waals surface area contributed by atoms with Crippen molar-refractivity contribution in [1.82, 2.24) is 0 Å². The molecular formula is C9H18S. The zero-order chi connectivity index (χ0) is 7.82. The lowest BCUT2D eigenvalue weighted by Crippen LogP contribution is -1.96. The fraction of sp³-hybridized carbons (Fsp3) is 0.778. The normalized spacial score (nSPS) is 14.3. The second-order valence-corrected chi connectivity index (χ2v) is 3.62. The lowest BCUT2D eigenvalue weighted by molar-refractivity contribution is 0.604. The minimum atomic E-state index is 0.881. The Morgan fingerprint density at radius 3 is 2.70 bits per heavy atom. The van der Waals surface area contributed by atoms with Crippen LogP contribution in [0, 0.1) is 5.92 Å². The highest BCUT2D eigenvalue weighted by atomic mass is 32.2. The SMILES string of the molecule is CC=CCCC(C)CSC. The van der Waals surface area contributed by atoms with E-state index in [4.69, 9.17) is 0 Å². The first-order valence-electron chi connectivity index (χ1n) is 3.91. The zero-order valence-electron chi connectivity index (χ0n) is 7.26. The van der Waals surface area contributed by atoms with Crippen molar-refractivity contribution in [3.05, 3.63) is 12.2 Å². The molecular weight excluding hydrogens is 140 g/mol. The predicted octanol–water partition coefficient (Wildman–Crippen LogP) is 3.34. The number of hydrogen-bond donors (Lipinski definition) is 0. The summed E-state index contributed by atoms with van der Waals surface area (Å²) in [6.07, 6.45) is 9.14. The smallest absolute Gasteiger partial charge is 0.00444 e. The molecule has 0 saturated carbocycles. The van der Waals surface area contributed by atoms with Crippen LogP contribution in [0.3, 0.4) is 0 Å². The monoisotopic (exact) mass is 158 g/mol. The molecule has 0 aliphatic carbocycles. The Bertz CT molecular complexity index is 86.7. The van der Waals surface area contributed by atoms with Crippen molar-refractivity contribution in [2.45, 2.75) is 26.7 Å². The van der Waals surface area contributed by atoms with Crippen molar-refractivity contribution in [3.63, 3.8) is 0 Å². The second kappa shape index (κ2) is 7.20. The van der Waals surface area contributed by atoms with Crippen LogP contribution in [0.25, 0.3) is 0 Å². The molecule has 0 aliphatic rings. The van der Waals surface area contributed by atoms with E-state index in [1.165, 1.54) is 18.6 Å². The van der Waals surface area contributed by atoms with Crippen molar-refractivity contribution in [3.8, 4) is 0 Å². The number of hydrogen-bond acceptors (Lipinski definition) is 1. The van der Waals surface area contributed by atoms with Gasteiger partial charge in [0.1, 0.15) is 0 Å². The Morgan fingerprint density at radius 1 is 1.50 bits per heavy atom. The fourth-order valence-corrected chi connectivity index (χ4v) is 1.65. The van der Waals surface area contributed by atoms with Crippen LogP contribution in [0.1, 0.15) is 26.7 Å². The van der Waals surface area contributed by atoms with Gasteiger partial charge in [-0.15, -0.1) is 0 Å². The van der Waals surface area contributed by atoms with Crippen molar-refractivity contribution in [2.24, 2.45) is 5.92 Å². The lowest BCUT2D eigenvalue weighted by atomic mass is 10.1. The van der Waals surface area contributed by atoms with E-state index in [1.807, 2.05) is 11.8 Å². The van der Waals surface area contributed by atoms with E-state index in [2.05, 4.69) is 32.3 Å². The Balaban J connectivity index is 3.12. The van der Waals surface area contributed by atoms with E-state index >= 15 is 0 Å². The molecule has 0 aromatic carbocycles. The van der Waals surface area contributed by atoms with Gasteiger partial charge in [0, 0.05) is 0 Å². The van der Waals surface area contributed by atoms with E-state index in [1.54, 1.807) is 0 Å². The third kappa shape index (κ3) is 6.21. The molecule has 0 heterocycles. The van der Waals surface area contributed by atoms with E-state index in [0.29, 0.717) is 0 Å². The molecule has 0 amide bonds. The maximum Gasteiger partial charge on any atom is -0.00444 e. The maximum atomic E-state index is 2.32. The minimum Gasteiger partial charge on any atom is -0.165 e. The first-order valence-corrected chi connectivity index (χ1v) is 5.30. The molecule has 0 N–H and O–H groups in total. The van der Waals surface area contributed by atoms with Gasteiger partial charge in [-0.05, 0) is 37.7 Å². The van der Waals surface area contributed by atoms with E-state index in [-0.39, 0.29) is 0 Å². The van der Waals surface area contributed by atoms with Crippen LogP contribution in [-0.4, -0.2) is 12.0 Å². The van der Waals surface area contributed by atoms with Gasteiger partial charge in [0.15, 0.2) is 0 Å². The molecule has 0 aliphatic heterocycles. The lowest BCUT2D eigenvalue weighted by Gasteiger charge is -2.05. The molecule has 0 saturated heterocycles. The van der Waals surface area contributed by atoms with Crippen LogP contribution >= 0.6 is 11.8 Å². The van der Waals surface area contributed by atoms with Gasteiger partial charge in [0.2, 0.25) is 0 Å². The van der Waals surface area contributed by atoms with Crippen LogP contribution in [0.5, 0.6) is 0 Å². The molecule has 0 nitrogen and oxygen atoms in total. The predicted molar refractivity (Wildman–Crippen MR) is 51.6 cm³/mol. The van der Waals surface area contributed by atoms with Gasteiger partial charge >= 0.3 is 0 Å². The van der Waals surface area contributed by atoms with Crippen LogP contribution in [-0.2, 0) is 0 Å². The maximum absolute atomic E-state index is 2.32. The number of thioether (sulfide) groups is 1. The molecule has 0 spiro atoms. The largest absolute Gasteiger partial charge is 0.165 e. The molecule has 0 bridgehead atoms. The highest BCUT2D eigenvalue weighted by molar-refractivity contribution is 7.98. The Hall–Kier alpha value is 0.0900. The summed E-state index contributed by atoms with van der Waals surface area (Å²) in [7, 11) is 0. The number of rotatable bonds is 5. The van der Waals surface area contributed by atoms with Crippen LogP contribution in [0.15, 0.2) is 12.2 Å². The summed E-state index contributed by atoms with van der Waals surface area (Å²) in [5.74, 6) is 2.18. The first-order chi connectivity index (χ1) is 4.81. The summed E-state index contributed by atoms with van der Waals surface area (Å²) in [6, 6.07) is 0. The average Bonchev–Trinajstić information content (AvgIpc) is 1.89. The summed E-state index contributed by atoms with van der Waals surface area (Å²) < 4.78 is 0. The van der Waals surface area contributed by atoms with Gasteiger partial charge in [0.05, 0.1) is 0 Å². The van der Waals surface area contributed by atoms with E-state index in [9.17, 15) is 0 Å². The molecule has 60 valence electrons. The number of allylic oxidation sites excluding steroid dienone is 2. The molecule has 0 radical (unpaired) electrons. The quantitative estimate of drug-likeness (QED) is 0.553. The molecule has 10 heavy (non-hydrogen) atoms. The third-order valence-corrected chi connectivity index (χ3v) is 2.42. The van der Waals surface area contributed by atoms with Gasteiger partial charge in [-0.2, -0.15) is 11.8 Å². The van der Waals surface area contributed by atoms with E-state index < -0.39 is 0 Å². The summed E-state index contributed by atoms with van der Waals surface area (Å²) in [4.78, 5) is 0. The second-order valence-electron chi connectivity index (χ2n) is 2.71. The minimum absolute atomic E-state index is 0.881. The van der Waals surface area contributed by atoms with Crippen molar-refractivity contribution < 1.29 is 0 Å². The highest BCUT2D eigenvalue weighted by Gasteiger charge is 1.97. The molecule has 0 fully saturated rings. The molecule has 1 heteroatoms. The topological polar surface area (TPSA) is 0 Å². The third-order valence-electron chi connectivity index (χ3n) is 1.51. The van der Waals surface area contributed by atoms with Crippen LogP contribution in [0.2, 0.25) is 0 Å². The first kappa shape index (κ1) is 10.1. The van der Waals surface area contributed by atoms with Crippen molar-refractivity contribution in [2.75, 3.05) is 12.0 Å². The summed E-state index contributed by atoms with van der Waals surface area (Å²) in [6.45, 7) is 4.40. The van der Waals surface area contributed by atoms with Crippen molar-refractivity contribution >= 4 is 11.8 Å². The van der Waals surface area contributed by atoms with Crippen LogP contribution in [0.4, 0.5) is 0 Å². The standard InChI is InChI=1S/C9H18S/c1-4-5-6-7-9(2)8-10-3/h4-5,9H,6-8H2,1-3H3.